The van der Waals surface area contributed by atoms with Crippen molar-refractivity contribution in [3.8, 4) is 0 Å². The number of aromatic amines is 1. The first-order valence-corrected chi connectivity index (χ1v) is 7.79. The number of H-pyrrole nitrogens is 1. The Balaban J connectivity index is 2.03. The summed E-state index contributed by atoms with van der Waals surface area (Å²) in [5.74, 6) is 0. The minimum absolute atomic E-state index is 0.0783. The van der Waals surface area contributed by atoms with Gasteiger partial charge in [0.05, 0.1) is 10.4 Å². The summed E-state index contributed by atoms with van der Waals surface area (Å²) in [5, 5.41) is 3.92. The van der Waals surface area contributed by atoms with Gasteiger partial charge >= 0.3 is 0 Å². The van der Waals surface area contributed by atoms with E-state index in [-0.39, 0.29) is 10.9 Å². The number of hydrogen-bond acceptors (Lipinski definition) is 4. The number of nitrogens with zero attached hydrogens (tertiary/aromatic N) is 1. The van der Waals surface area contributed by atoms with Crippen LogP contribution in [-0.2, 0) is 10.0 Å². The molecule has 1 aliphatic rings. The number of nitrogens with one attached hydrogen (secondary N) is 3. The minimum atomic E-state index is -3.60. The van der Waals surface area contributed by atoms with Crippen LogP contribution in [0.15, 0.2) is 23.4 Å². The monoisotopic (exact) mass is 300 g/mol. The molecule has 2 aromatic rings. The molecule has 3 rings (SSSR count). The number of sulfonamides is 1. The quantitative estimate of drug-likeness (QED) is 0.784. The van der Waals surface area contributed by atoms with Gasteiger partial charge in [-0.15, -0.1) is 0 Å². The molecule has 1 unspecified atom stereocenters. The first-order chi connectivity index (χ1) is 9.08. The molecule has 0 bridgehead atoms. The zero-order chi connectivity index (χ0) is 13.5. The van der Waals surface area contributed by atoms with Crippen molar-refractivity contribution >= 4 is 32.7 Å². The lowest BCUT2D eigenvalue weighted by atomic mass is 10.3. The molecule has 0 amide bonds. The molecule has 3 N–H and O–H groups in total. The summed E-state index contributed by atoms with van der Waals surface area (Å²) in [5.41, 5.74) is 0.470. The summed E-state index contributed by atoms with van der Waals surface area (Å²) in [6, 6.07) is 1.50. The Labute approximate surface area is 115 Å². The fraction of sp³-hybridized carbons (Fsp3) is 0.364. The van der Waals surface area contributed by atoms with Crippen LogP contribution in [0.2, 0.25) is 5.02 Å². The topological polar surface area (TPSA) is 86.9 Å². The van der Waals surface area contributed by atoms with Crippen LogP contribution in [0.5, 0.6) is 0 Å². The average Bonchev–Trinajstić information content (AvgIpc) is 2.97. The third kappa shape index (κ3) is 2.34. The Morgan fingerprint density at radius 1 is 1.47 bits per heavy atom. The largest absolute Gasteiger partial charge is 0.345 e. The maximum Gasteiger partial charge on any atom is 0.243 e. The van der Waals surface area contributed by atoms with Gasteiger partial charge in [0.1, 0.15) is 10.5 Å². The van der Waals surface area contributed by atoms with Crippen LogP contribution < -0.4 is 10.0 Å². The number of halogens is 1. The van der Waals surface area contributed by atoms with Crippen LogP contribution in [-0.4, -0.2) is 37.5 Å². The highest BCUT2D eigenvalue weighted by molar-refractivity contribution is 7.89. The van der Waals surface area contributed by atoms with E-state index in [4.69, 9.17) is 11.6 Å². The highest BCUT2D eigenvalue weighted by Gasteiger charge is 2.26. The zero-order valence-electron chi connectivity index (χ0n) is 9.98. The van der Waals surface area contributed by atoms with Crippen molar-refractivity contribution in [3.05, 3.63) is 23.5 Å². The fourth-order valence-electron chi connectivity index (χ4n) is 2.24. The van der Waals surface area contributed by atoms with Gasteiger partial charge in [0, 0.05) is 25.0 Å². The molecular formula is C11H13ClN4O2S. The van der Waals surface area contributed by atoms with E-state index in [0.29, 0.717) is 22.6 Å². The van der Waals surface area contributed by atoms with E-state index in [9.17, 15) is 8.42 Å². The molecule has 0 radical (unpaired) electrons. The fourth-order valence-corrected chi connectivity index (χ4v) is 4.00. The van der Waals surface area contributed by atoms with E-state index in [1.54, 1.807) is 6.07 Å². The van der Waals surface area contributed by atoms with Gasteiger partial charge in [-0.05, 0) is 19.0 Å². The van der Waals surface area contributed by atoms with Crippen molar-refractivity contribution in [2.45, 2.75) is 17.4 Å². The SMILES string of the molecule is O=S(=O)(NC1CCNC1)c1c[nH]c2nccc(Cl)c12. The molecule has 1 aliphatic heterocycles. The van der Waals surface area contributed by atoms with E-state index in [1.165, 1.54) is 12.4 Å². The third-order valence-electron chi connectivity index (χ3n) is 3.16. The second-order valence-corrected chi connectivity index (χ2v) is 6.57. The van der Waals surface area contributed by atoms with Crippen molar-refractivity contribution in [1.29, 1.82) is 0 Å². The Bertz CT molecular complexity index is 707. The Hall–Kier alpha value is -1.15. The normalized spacial score (nSPS) is 20.2. The van der Waals surface area contributed by atoms with Gasteiger partial charge < -0.3 is 10.3 Å². The lowest BCUT2D eigenvalue weighted by Gasteiger charge is -2.11. The van der Waals surface area contributed by atoms with Crippen molar-refractivity contribution in [3.63, 3.8) is 0 Å². The van der Waals surface area contributed by atoms with Crippen molar-refractivity contribution in [1.82, 2.24) is 20.0 Å². The molecule has 19 heavy (non-hydrogen) atoms. The first-order valence-electron chi connectivity index (χ1n) is 5.92. The van der Waals surface area contributed by atoms with Gasteiger partial charge in [0.25, 0.3) is 0 Å². The molecular weight excluding hydrogens is 288 g/mol. The van der Waals surface area contributed by atoms with Gasteiger partial charge in [0.2, 0.25) is 10.0 Å². The zero-order valence-corrected chi connectivity index (χ0v) is 11.6. The molecule has 0 aliphatic carbocycles. The summed E-state index contributed by atoms with van der Waals surface area (Å²) in [6.07, 6.45) is 3.74. The molecule has 0 saturated carbocycles. The maximum absolute atomic E-state index is 12.4. The number of aromatic nitrogens is 2. The van der Waals surface area contributed by atoms with Crippen LogP contribution in [0, 0.1) is 0 Å². The van der Waals surface area contributed by atoms with Crippen molar-refractivity contribution in [2.24, 2.45) is 0 Å². The van der Waals surface area contributed by atoms with Crippen LogP contribution >= 0.6 is 11.6 Å². The van der Waals surface area contributed by atoms with E-state index >= 15 is 0 Å². The highest BCUT2D eigenvalue weighted by atomic mass is 35.5. The van der Waals surface area contributed by atoms with E-state index < -0.39 is 10.0 Å². The Kier molecular flexibility index (Phi) is 3.22. The highest BCUT2D eigenvalue weighted by Crippen LogP contribution is 2.28. The van der Waals surface area contributed by atoms with E-state index in [1.807, 2.05) is 0 Å². The maximum atomic E-state index is 12.4. The van der Waals surface area contributed by atoms with E-state index in [0.717, 1.165) is 13.0 Å². The van der Waals surface area contributed by atoms with E-state index in [2.05, 4.69) is 20.0 Å². The summed E-state index contributed by atoms with van der Waals surface area (Å²) in [7, 11) is -3.60. The van der Waals surface area contributed by atoms with Crippen LogP contribution in [0.25, 0.3) is 11.0 Å². The summed E-state index contributed by atoms with van der Waals surface area (Å²) >= 11 is 6.06. The second-order valence-electron chi connectivity index (χ2n) is 4.48. The Morgan fingerprint density at radius 2 is 2.32 bits per heavy atom. The van der Waals surface area contributed by atoms with Gasteiger partial charge in [0.15, 0.2) is 0 Å². The minimum Gasteiger partial charge on any atom is -0.345 e. The summed E-state index contributed by atoms with van der Waals surface area (Å²) < 4.78 is 27.4. The smallest absolute Gasteiger partial charge is 0.243 e. The molecule has 2 aromatic heterocycles. The van der Waals surface area contributed by atoms with Gasteiger partial charge in [-0.3, -0.25) is 0 Å². The molecule has 0 spiro atoms. The van der Waals surface area contributed by atoms with Gasteiger partial charge in [-0.25, -0.2) is 18.1 Å². The molecule has 102 valence electrons. The molecule has 1 fully saturated rings. The molecule has 6 nitrogen and oxygen atoms in total. The van der Waals surface area contributed by atoms with Gasteiger partial charge in [-0.2, -0.15) is 0 Å². The second kappa shape index (κ2) is 4.75. The lowest BCUT2D eigenvalue weighted by molar-refractivity contribution is 0.561. The standard InChI is InChI=1S/C11H13ClN4O2S/c12-8-2-4-14-11-10(8)9(6-15-11)19(17,18)16-7-1-3-13-5-7/h2,4,6-7,13,16H,1,3,5H2,(H,14,15). The predicted molar refractivity (Wildman–Crippen MR) is 72.7 cm³/mol. The van der Waals surface area contributed by atoms with Gasteiger partial charge in [-0.1, -0.05) is 11.6 Å². The Morgan fingerprint density at radius 3 is 3.05 bits per heavy atom. The first kappa shape index (κ1) is 12.9. The van der Waals surface area contributed by atoms with Crippen molar-refractivity contribution in [2.75, 3.05) is 13.1 Å². The number of rotatable bonds is 3. The van der Waals surface area contributed by atoms with Crippen LogP contribution in [0.4, 0.5) is 0 Å². The van der Waals surface area contributed by atoms with Crippen molar-refractivity contribution < 1.29 is 8.42 Å². The number of hydrogen-bond donors (Lipinski definition) is 3. The van der Waals surface area contributed by atoms with Crippen LogP contribution in [0.1, 0.15) is 6.42 Å². The van der Waals surface area contributed by atoms with Crippen LogP contribution in [0.3, 0.4) is 0 Å². The predicted octanol–water partition coefficient (Wildman–Crippen LogP) is 0.857. The number of pyridine rings is 1. The molecule has 1 saturated heterocycles. The number of fused-ring (bicyclic) bond motifs is 1. The average molecular weight is 301 g/mol. The summed E-state index contributed by atoms with van der Waals surface area (Å²) in [4.78, 5) is 7.04. The lowest BCUT2D eigenvalue weighted by Crippen LogP contribution is -2.36. The third-order valence-corrected chi connectivity index (χ3v) is 5.02. The molecule has 0 aromatic carbocycles. The molecule has 1 atom stereocenters. The molecule has 3 heterocycles. The molecule has 8 heteroatoms. The summed E-state index contributed by atoms with van der Waals surface area (Å²) in [6.45, 7) is 1.47.